The molecule has 1 aliphatic rings. The Hall–Kier alpha value is -1.69. The van der Waals surface area contributed by atoms with Crippen LogP contribution in [0, 0.1) is 11.8 Å². The first-order valence-corrected chi connectivity index (χ1v) is 6.94. The van der Waals surface area contributed by atoms with Crippen molar-refractivity contribution in [1.29, 1.82) is 0 Å². The second kappa shape index (κ2) is 7.79. The summed E-state index contributed by atoms with van der Waals surface area (Å²) in [4.78, 5) is 35.5. The van der Waals surface area contributed by atoms with Crippen LogP contribution in [0.3, 0.4) is 0 Å². The van der Waals surface area contributed by atoms with Crippen LogP contribution in [0.15, 0.2) is 12.2 Å². The van der Waals surface area contributed by atoms with Crippen LogP contribution in [0.25, 0.3) is 0 Å². The molecule has 0 spiro atoms. The molecule has 0 fully saturated rings. The molecule has 1 aliphatic heterocycles. The van der Waals surface area contributed by atoms with Crippen LogP contribution < -0.4 is 11.1 Å². The van der Waals surface area contributed by atoms with Crippen LogP contribution in [-0.2, 0) is 14.4 Å². The second-order valence-corrected chi connectivity index (χ2v) is 5.45. The Morgan fingerprint density at radius 1 is 1.30 bits per heavy atom. The Kier molecular flexibility index (Phi) is 6.38. The number of hydrogen-bond donors (Lipinski definition) is 2. The van der Waals surface area contributed by atoms with E-state index in [0.29, 0.717) is 18.9 Å². The molecule has 3 N–H and O–H groups in total. The van der Waals surface area contributed by atoms with Crippen molar-refractivity contribution < 1.29 is 14.4 Å². The molecule has 0 aromatic rings. The van der Waals surface area contributed by atoms with E-state index < -0.39 is 0 Å². The molecule has 6 heteroatoms. The molecule has 112 valence electrons. The van der Waals surface area contributed by atoms with Crippen molar-refractivity contribution in [1.82, 2.24) is 10.2 Å². The largest absolute Gasteiger partial charge is 0.354 e. The van der Waals surface area contributed by atoms with E-state index in [4.69, 9.17) is 5.73 Å². The van der Waals surface area contributed by atoms with Gasteiger partial charge >= 0.3 is 0 Å². The molecule has 0 saturated carbocycles. The number of nitrogens with two attached hydrogens (primary N) is 1. The molecule has 0 radical (unpaired) electrons. The maximum Gasteiger partial charge on any atom is 0.253 e. The highest BCUT2D eigenvalue weighted by atomic mass is 16.2. The second-order valence-electron chi connectivity index (χ2n) is 5.45. The summed E-state index contributed by atoms with van der Waals surface area (Å²) in [5, 5.41) is 2.72. The lowest BCUT2D eigenvalue weighted by Crippen LogP contribution is -2.39. The molecule has 3 amide bonds. The summed E-state index contributed by atoms with van der Waals surface area (Å²) in [6, 6.07) is 0. The first-order chi connectivity index (χ1) is 9.43. The molecule has 0 bridgehead atoms. The van der Waals surface area contributed by atoms with E-state index in [1.807, 2.05) is 0 Å². The summed E-state index contributed by atoms with van der Waals surface area (Å²) in [6.45, 7) is 5.15. The van der Waals surface area contributed by atoms with Crippen LogP contribution in [0.5, 0.6) is 0 Å². The van der Waals surface area contributed by atoms with Crippen LogP contribution in [0.1, 0.15) is 26.7 Å². The highest BCUT2D eigenvalue weighted by Gasteiger charge is 2.22. The summed E-state index contributed by atoms with van der Waals surface area (Å²) < 4.78 is 0. The number of nitrogens with one attached hydrogen (secondary N) is 1. The summed E-state index contributed by atoms with van der Waals surface area (Å²) in [7, 11) is 0. The number of carbonyl (C=O) groups excluding carboxylic acids is 3. The third-order valence-corrected chi connectivity index (χ3v) is 3.17. The molecular formula is C14H23N3O3. The van der Waals surface area contributed by atoms with E-state index in [0.717, 1.165) is 11.3 Å². The number of carbonyl (C=O) groups is 3. The standard InChI is InChI=1S/C14H23N3O3/c1-10(2)7-11(9-15)8-12(18)16-5-6-17-13(19)3-4-14(17)20/h3-4,10-11H,5-9,15H2,1-2H3,(H,16,18). The fraction of sp³-hybridized carbons (Fsp3) is 0.643. The number of hydrogen-bond acceptors (Lipinski definition) is 4. The first-order valence-electron chi connectivity index (χ1n) is 6.94. The first kappa shape index (κ1) is 16.4. The van der Waals surface area contributed by atoms with E-state index in [-0.39, 0.29) is 36.7 Å². The molecule has 1 atom stereocenters. The normalized spacial score (nSPS) is 16.1. The Labute approximate surface area is 119 Å². The van der Waals surface area contributed by atoms with Gasteiger partial charge in [-0.1, -0.05) is 13.8 Å². The highest BCUT2D eigenvalue weighted by Crippen LogP contribution is 2.13. The zero-order valence-electron chi connectivity index (χ0n) is 12.1. The van der Waals surface area contributed by atoms with E-state index >= 15 is 0 Å². The van der Waals surface area contributed by atoms with Gasteiger partial charge in [0, 0.05) is 31.7 Å². The van der Waals surface area contributed by atoms with Crippen LogP contribution >= 0.6 is 0 Å². The van der Waals surface area contributed by atoms with Gasteiger partial charge in [-0.15, -0.1) is 0 Å². The highest BCUT2D eigenvalue weighted by molar-refractivity contribution is 6.12. The van der Waals surface area contributed by atoms with Gasteiger partial charge in [0.15, 0.2) is 0 Å². The summed E-state index contributed by atoms with van der Waals surface area (Å²) in [5.41, 5.74) is 5.65. The Morgan fingerprint density at radius 3 is 2.40 bits per heavy atom. The molecular weight excluding hydrogens is 258 g/mol. The van der Waals surface area contributed by atoms with Gasteiger partial charge in [-0.05, 0) is 24.8 Å². The molecule has 1 rings (SSSR count). The van der Waals surface area contributed by atoms with Crippen molar-refractivity contribution in [3.8, 4) is 0 Å². The minimum Gasteiger partial charge on any atom is -0.354 e. The molecule has 1 unspecified atom stereocenters. The third kappa shape index (κ3) is 5.13. The minimum absolute atomic E-state index is 0.0897. The average molecular weight is 281 g/mol. The Balaban J connectivity index is 2.26. The zero-order valence-corrected chi connectivity index (χ0v) is 12.1. The van der Waals surface area contributed by atoms with E-state index in [9.17, 15) is 14.4 Å². The molecule has 0 aliphatic carbocycles. The van der Waals surface area contributed by atoms with Gasteiger partial charge in [0.2, 0.25) is 5.91 Å². The van der Waals surface area contributed by atoms with Crippen LogP contribution in [0.4, 0.5) is 0 Å². The average Bonchev–Trinajstić information content (AvgIpc) is 2.69. The van der Waals surface area contributed by atoms with Gasteiger partial charge < -0.3 is 11.1 Å². The smallest absolute Gasteiger partial charge is 0.253 e. The van der Waals surface area contributed by atoms with Gasteiger partial charge in [0.05, 0.1) is 0 Å². The molecule has 0 saturated heterocycles. The van der Waals surface area contributed by atoms with Crippen molar-refractivity contribution >= 4 is 17.7 Å². The maximum atomic E-state index is 11.8. The molecule has 20 heavy (non-hydrogen) atoms. The predicted molar refractivity (Wildman–Crippen MR) is 75.5 cm³/mol. The van der Waals surface area contributed by atoms with Gasteiger partial charge in [-0.2, -0.15) is 0 Å². The van der Waals surface area contributed by atoms with Crippen molar-refractivity contribution in [2.45, 2.75) is 26.7 Å². The molecule has 6 nitrogen and oxygen atoms in total. The lowest BCUT2D eigenvalue weighted by molar-refractivity contribution is -0.137. The van der Waals surface area contributed by atoms with Gasteiger partial charge in [0.1, 0.15) is 0 Å². The summed E-state index contributed by atoms with van der Waals surface area (Å²) >= 11 is 0. The molecule has 1 heterocycles. The predicted octanol–water partition coefficient (Wildman–Crippen LogP) is 0.0387. The van der Waals surface area contributed by atoms with Crippen LogP contribution in [0.2, 0.25) is 0 Å². The zero-order chi connectivity index (χ0) is 15.1. The number of amides is 3. The summed E-state index contributed by atoms with van der Waals surface area (Å²) in [5.74, 6) is -0.0741. The monoisotopic (exact) mass is 281 g/mol. The van der Waals surface area contributed by atoms with Crippen molar-refractivity contribution in [2.24, 2.45) is 17.6 Å². The lowest BCUT2D eigenvalue weighted by Gasteiger charge is -2.17. The quantitative estimate of drug-likeness (QED) is 0.614. The molecule has 0 aromatic carbocycles. The van der Waals surface area contributed by atoms with Gasteiger partial charge in [0.25, 0.3) is 11.8 Å². The lowest BCUT2D eigenvalue weighted by atomic mass is 9.94. The van der Waals surface area contributed by atoms with Gasteiger partial charge in [-0.25, -0.2) is 0 Å². The third-order valence-electron chi connectivity index (χ3n) is 3.17. The fourth-order valence-corrected chi connectivity index (χ4v) is 2.22. The fourth-order valence-electron chi connectivity index (χ4n) is 2.22. The molecule has 0 aromatic heterocycles. The number of rotatable bonds is 8. The van der Waals surface area contributed by atoms with Crippen molar-refractivity contribution in [2.75, 3.05) is 19.6 Å². The minimum atomic E-state index is -0.330. The van der Waals surface area contributed by atoms with Crippen molar-refractivity contribution in [3.05, 3.63) is 12.2 Å². The van der Waals surface area contributed by atoms with E-state index in [2.05, 4.69) is 19.2 Å². The Morgan fingerprint density at radius 2 is 1.90 bits per heavy atom. The topological polar surface area (TPSA) is 92.5 Å². The van der Waals surface area contributed by atoms with E-state index in [1.54, 1.807) is 0 Å². The van der Waals surface area contributed by atoms with E-state index in [1.165, 1.54) is 12.2 Å². The number of imide groups is 1. The van der Waals surface area contributed by atoms with Gasteiger partial charge in [-0.3, -0.25) is 19.3 Å². The number of nitrogens with zero attached hydrogens (tertiary/aromatic N) is 1. The summed E-state index contributed by atoms with van der Waals surface area (Å²) in [6.07, 6.45) is 3.76. The SMILES string of the molecule is CC(C)CC(CN)CC(=O)NCCN1C(=O)C=CC1=O. The van der Waals surface area contributed by atoms with Crippen LogP contribution in [-0.4, -0.2) is 42.3 Å². The van der Waals surface area contributed by atoms with Crippen molar-refractivity contribution in [3.63, 3.8) is 0 Å². The Bertz CT molecular complexity index is 386. The maximum absolute atomic E-state index is 11.8.